The Balaban J connectivity index is 1.97. The zero-order valence-electron chi connectivity index (χ0n) is 13.1. The highest BCUT2D eigenvalue weighted by Gasteiger charge is 2.25. The molecule has 2 aromatic rings. The summed E-state index contributed by atoms with van der Waals surface area (Å²) in [6, 6.07) is 12.7. The van der Waals surface area contributed by atoms with E-state index in [1.807, 2.05) is 41.8 Å². The minimum absolute atomic E-state index is 0.111. The molecule has 5 heteroatoms. The van der Waals surface area contributed by atoms with Gasteiger partial charge in [-0.2, -0.15) is 0 Å². The molecule has 0 fully saturated rings. The Morgan fingerprint density at radius 1 is 1.17 bits per heavy atom. The number of aryl methyl sites for hydroxylation is 1. The summed E-state index contributed by atoms with van der Waals surface area (Å²) in [4.78, 5) is 26.5. The molecule has 0 bridgehead atoms. The Bertz CT molecular complexity index is 625. The molecule has 1 N–H and O–H groups in total. The van der Waals surface area contributed by atoms with Crippen LogP contribution in [0.3, 0.4) is 0 Å². The van der Waals surface area contributed by atoms with Crippen LogP contribution in [-0.4, -0.2) is 27.9 Å². The van der Waals surface area contributed by atoms with E-state index in [4.69, 9.17) is 0 Å². The largest absolute Gasteiger partial charge is 0.480 e. The fraction of sp³-hybridized carbons (Fsp3) is 0.333. The molecular weight excluding hydrogens is 310 g/mol. The van der Waals surface area contributed by atoms with Gasteiger partial charge in [-0.1, -0.05) is 36.4 Å². The van der Waals surface area contributed by atoms with E-state index in [2.05, 4.69) is 6.07 Å². The molecule has 23 heavy (non-hydrogen) atoms. The van der Waals surface area contributed by atoms with Crippen LogP contribution in [0.2, 0.25) is 0 Å². The summed E-state index contributed by atoms with van der Waals surface area (Å²) >= 11 is 1.68. The van der Waals surface area contributed by atoms with Crippen LogP contribution in [0.4, 0.5) is 0 Å². The molecular formula is C18H21NO3S. The van der Waals surface area contributed by atoms with Gasteiger partial charge in [-0.3, -0.25) is 4.79 Å². The van der Waals surface area contributed by atoms with Crippen molar-refractivity contribution in [3.63, 3.8) is 0 Å². The maximum atomic E-state index is 12.5. The van der Waals surface area contributed by atoms with Crippen molar-refractivity contribution in [1.29, 1.82) is 0 Å². The molecule has 0 aliphatic heterocycles. The van der Waals surface area contributed by atoms with Gasteiger partial charge in [-0.25, -0.2) is 4.79 Å². The van der Waals surface area contributed by atoms with Gasteiger partial charge in [0, 0.05) is 17.8 Å². The zero-order chi connectivity index (χ0) is 16.7. The van der Waals surface area contributed by atoms with Crippen molar-refractivity contribution in [1.82, 2.24) is 4.90 Å². The van der Waals surface area contributed by atoms with Crippen LogP contribution in [0.25, 0.3) is 0 Å². The first kappa shape index (κ1) is 17.2. The van der Waals surface area contributed by atoms with E-state index in [-0.39, 0.29) is 5.91 Å². The predicted octanol–water partition coefficient (Wildman–Crippen LogP) is 3.57. The molecule has 0 spiro atoms. The molecule has 1 unspecified atom stereocenters. The fourth-order valence-electron chi connectivity index (χ4n) is 2.37. The lowest BCUT2D eigenvalue weighted by molar-refractivity contribution is -0.150. The molecule has 0 saturated heterocycles. The number of hydrogen-bond acceptors (Lipinski definition) is 3. The zero-order valence-corrected chi connectivity index (χ0v) is 14.0. The SMILES string of the molecule is CC(C(=O)O)N(Cc1ccccc1)C(=O)CCCc1cccs1. The van der Waals surface area contributed by atoms with Gasteiger partial charge in [0.1, 0.15) is 6.04 Å². The minimum atomic E-state index is -0.979. The molecule has 1 heterocycles. The molecule has 1 aromatic carbocycles. The van der Waals surface area contributed by atoms with Crippen LogP contribution in [0.5, 0.6) is 0 Å². The number of aliphatic carboxylic acids is 1. The first-order chi connectivity index (χ1) is 11.1. The number of amides is 1. The van der Waals surface area contributed by atoms with Gasteiger partial charge in [0.2, 0.25) is 5.91 Å². The third-order valence-corrected chi connectivity index (χ3v) is 4.67. The average molecular weight is 331 g/mol. The number of hydrogen-bond donors (Lipinski definition) is 1. The van der Waals surface area contributed by atoms with Gasteiger partial charge < -0.3 is 10.0 Å². The van der Waals surface area contributed by atoms with E-state index >= 15 is 0 Å². The lowest BCUT2D eigenvalue weighted by Gasteiger charge is -2.26. The highest BCUT2D eigenvalue weighted by atomic mass is 32.1. The Hall–Kier alpha value is -2.14. The maximum absolute atomic E-state index is 12.5. The maximum Gasteiger partial charge on any atom is 0.326 e. The van der Waals surface area contributed by atoms with Crippen molar-refractivity contribution >= 4 is 23.2 Å². The number of carboxylic acid groups (broad SMARTS) is 1. The molecule has 0 aliphatic carbocycles. The van der Waals surface area contributed by atoms with Gasteiger partial charge in [0.25, 0.3) is 0 Å². The van der Waals surface area contributed by atoms with Crippen molar-refractivity contribution in [2.45, 2.75) is 38.8 Å². The normalized spacial score (nSPS) is 11.9. The number of carbonyl (C=O) groups excluding carboxylic acids is 1. The van der Waals surface area contributed by atoms with Crippen LogP contribution < -0.4 is 0 Å². The standard InChI is InChI=1S/C18H21NO3S/c1-14(18(21)22)19(13-15-7-3-2-4-8-15)17(20)11-5-9-16-10-6-12-23-16/h2-4,6-8,10,12,14H,5,9,11,13H2,1H3,(H,21,22). The van der Waals surface area contributed by atoms with Crippen LogP contribution in [0.15, 0.2) is 47.8 Å². The number of benzene rings is 1. The molecule has 1 amide bonds. The Morgan fingerprint density at radius 2 is 1.91 bits per heavy atom. The van der Waals surface area contributed by atoms with Crippen molar-refractivity contribution in [2.24, 2.45) is 0 Å². The lowest BCUT2D eigenvalue weighted by atomic mass is 10.1. The summed E-state index contributed by atoms with van der Waals surface area (Å²) in [5, 5.41) is 11.3. The first-order valence-electron chi connectivity index (χ1n) is 7.66. The number of thiophene rings is 1. The van der Waals surface area contributed by atoms with Crippen molar-refractivity contribution in [3.8, 4) is 0 Å². The van der Waals surface area contributed by atoms with E-state index in [0.717, 1.165) is 18.4 Å². The average Bonchev–Trinajstić information content (AvgIpc) is 3.06. The lowest BCUT2D eigenvalue weighted by Crippen LogP contribution is -2.42. The molecule has 4 nitrogen and oxygen atoms in total. The van der Waals surface area contributed by atoms with E-state index in [0.29, 0.717) is 13.0 Å². The third-order valence-electron chi connectivity index (χ3n) is 3.73. The van der Waals surface area contributed by atoms with Gasteiger partial charge >= 0.3 is 5.97 Å². The molecule has 1 atom stereocenters. The highest BCUT2D eigenvalue weighted by molar-refractivity contribution is 7.09. The fourth-order valence-corrected chi connectivity index (χ4v) is 3.12. The minimum Gasteiger partial charge on any atom is -0.480 e. The topological polar surface area (TPSA) is 57.6 Å². The highest BCUT2D eigenvalue weighted by Crippen LogP contribution is 2.15. The quantitative estimate of drug-likeness (QED) is 0.804. The number of nitrogens with zero attached hydrogens (tertiary/aromatic N) is 1. The van der Waals surface area contributed by atoms with Gasteiger partial charge in [-0.05, 0) is 36.8 Å². The number of carboxylic acids is 1. The summed E-state index contributed by atoms with van der Waals surface area (Å²) in [6.45, 7) is 1.88. The predicted molar refractivity (Wildman–Crippen MR) is 91.3 cm³/mol. The van der Waals surface area contributed by atoms with E-state index in [1.165, 1.54) is 9.78 Å². The molecule has 0 aliphatic rings. The molecule has 2 rings (SSSR count). The molecule has 122 valence electrons. The molecule has 0 saturated carbocycles. The van der Waals surface area contributed by atoms with Crippen LogP contribution in [-0.2, 0) is 22.6 Å². The van der Waals surface area contributed by atoms with E-state index in [9.17, 15) is 14.7 Å². The second-order valence-electron chi connectivity index (χ2n) is 5.45. The molecule has 0 radical (unpaired) electrons. The van der Waals surface area contributed by atoms with Gasteiger partial charge in [-0.15, -0.1) is 11.3 Å². The van der Waals surface area contributed by atoms with Crippen LogP contribution in [0, 0.1) is 0 Å². The Kier molecular flexibility index (Phi) is 6.35. The van der Waals surface area contributed by atoms with Crippen molar-refractivity contribution < 1.29 is 14.7 Å². The van der Waals surface area contributed by atoms with Gasteiger partial charge in [0.05, 0.1) is 0 Å². The number of carbonyl (C=O) groups is 2. The monoisotopic (exact) mass is 331 g/mol. The van der Waals surface area contributed by atoms with E-state index in [1.54, 1.807) is 18.3 Å². The third kappa shape index (κ3) is 5.21. The van der Waals surface area contributed by atoms with Crippen molar-refractivity contribution in [2.75, 3.05) is 0 Å². The summed E-state index contributed by atoms with van der Waals surface area (Å²) in [5.74, 6) is -1.09. The summed E-state index contributed by atoms with van der Waals surface area (Å²) in [7, 11) is 0. The summed E-state index contributed by atoms with van der Waals surface area (Å²) < 4.78 is 0. The number of rotatable bonds is 8. The van der Waals surface area contributed by atoms with Crippen LogP contribution in [0.1, 0.15) is 30.2 Å². The Morgan fingerprint density at radius 3 is 2.52 bits per heavy atom. The molecule has 1 aromatic heterocycles. The summed E-state index contributed by atoms with van der Waals surface area (Å²) in [5.41, 5.74) is 0.937. The Labute approximate surface area is 140 Å². The second-order valence-corrected chi connectivity index (χ2v) is 6.49. The van der Waals surface area contributed by atoms with Gasteiger partial charge in [0.15, 0.2) is 0 Å². The second kappa shape index (κ2) is 8.48. The smallest absolute Gasteiger partial charge is 0.326 e. The van der Waals surface area contributed by atoms with Crippen LogP contribution >= 0.6 is 11.3 Å². The van der Waals surface area contributed by atoms with E-state index < -0.39 is 12.0 Å². The summed E-state index contributed by atoms with van der Waals surface area (Å²) in [6.07, 6.45) is 1.95. The first-order valence-corrected chi connectivity index (χ1v) is 8.54. The van der Waals surface area contributed by atoms with Crippen molar-refractivity contribution in [3.05, 3.63) is 58.3 Å².